The number of methoxy groups -OCH3 is 2. The lowest BCUT2D eigenvalue weighted by molar-refractivity contribution is 0.0281. The second-order valence-electron chi connectivity index (χ2n) is 4.69. The van der Waals surface area contributed by atoms with Gasteiger partial charge in [0, 0.05) is 19.1 Å². The lowest BCUT2D eigenvalue weighted by Crippen LogP contribution is -2.40. The number of nitrogens with zero attached hydrogens (tertiary/aromatic N) is 2. The summed E-state index contributed by atoms with van der Waals surface area (Å²) in [5, 5.41) is 3.13. The van der Waals surface area contributed by atoms with E-state index in [1.165, 1.54) is 13.5 Å². The quantitative estimate of drug-likeness (QED) is 0.840. The van der Waals surface area contributed by atoms with Crippen LogP contribution in [-0.2, 0) is 4.74 Å². The first-order valence-electron chi connectivity index (χ1n) is 5.98. The standard InChI is InChI=1S/C12H18FN3O2/c1-17-8-12(4-3-5-12)7-15-11-14-6-9(13)10(16-11)18-2/h6H,3-5,7-8H2,1-2H3,(H,14,15,16). The minimum Gasteiger partial charge on any atom is -0.479 e. The summed E-state index contributed by atoms with van der Waals surface area (Å²) in [5.74, 6) is -0.212. The highest BCUT2D eigenvalue weighted by atomic mass is 19.1. The molecule has 1 aliphatic rings. The number of ether oxygens (including phenoxy) is 2. The summed E-state index contributed by atoms with van der Waals surface area (Å²) in [6.45, 7) is 1.45. The predicted octanol–water partition coefficient (Wildman–Crippen LogP) is 1.85. The van der Waals surface area contributed by atoms with Crippen molar-refractivity contribution >= 4 is 5.95 Å². The van der Waals surface area contributed by atoms with Gasteiger partial charge in [-0.05, 0) is 12.8 Å². The van der Waals surface area contributed by atoms with E-state index in [0.29, 0.717) is 5.95 Å². The Labute approximate surface area is 106 Å². The molecule has 0 spiro atoms. The lowest BCUT2D eigenvalue weighted by Gasteiger charge is -2.41. The SMILES string of the molecule is COCC1(CNc2ncc(F)c(OC)n2)CCC1. The minimum absolute atomic E-state index is 0.0399. The molecule has 1 fully saturated rings. The highest BCUT2D eigenvalue weighted by Gasteiger charge is 2.36. The Kier molecular flexibility index (Phi) is 3.96. The van der Waals surface area contributed by atoms with Crippen LogP contribution in [0.25, 0.3) is 0 Å². The van der Waals surface area contributed by atoms with Crippen LogP contribution in [0.2, 0.25) is 0 Å². The number of aromatic nitrogens is 2. The summed E-state index contributed by atoms with van der Waals surface area (Å²) in [7, 11) is 3.09. The van der Waals surface area contributed by atoms with Gasteiger partial charge in [-0.25, -0.2) is 4.98 Å². The summed E-state index contributed by atoms with van der Waals surface area (Å²) in [4.78, 5) is 7.84. The summed E-state index contributed by atoms with van der Waals surface area (Å²) in [6, 6.07) is 0. The highest BCUT2D eigenvalue weighted by molar-refractivity contribution is 5.29. The molecule has 1 aliphatic carbocycles. The Morgan fingerprint density at radius 2 is 2.22 bits per heavy atom. The van der Waals surface area contributed by atoms with Crippen molar-refractivity contribution in [2.45, 2.75) is 19.3 Å². The Morgan fingerprint density at radius 1 is 1.44 bits per heavy atom. The zero-order chi connectivity index (χ0) is 13.0. The molecule has 5 nitrogen and oxygen atoms in total. The first-order chi connectivity index (χ1) is 8.69. The number of halogens is 1. The molecular weight excluding hydrogens is 237 g/mol. The van der Waals surface area contributed by atoms with Gasteiger partial charge in [0.05, 0.1) is 19.9 Å². The van der Waals surface area contributed by atoms with E-state index >= 15 is 0 Å². The molecular formula is C12H18FN3O2. The highest BCUT2D eigenvalue weighted by Crippen LogP contribution is 2.40. The van der Waals surface area contributed by atoms with Crippen molar-refractivity contribution in [2.24, 2.45) is 5.41 Å². The molecule has 0 unspecified atom stereocenters. The third-order valence-corrected chi connectivity index (χ3v) is 3.39. The molecule has 0 aliphatic heterocycles. The molecule has 1 aromatic heterocycles. The fourth-order valence-corrected chi connectivity index (χ4v) is 2.20. The number of hydrogen-bond acceptors (Lipinski definition) is 5. The van der Waals surface area contributed by atoms with E-state index in [9.17, 15) is 4.39 Å². The van der Waals surface area contributed by atoms with E-state index < -0.39 is 5.82 Å². The minimum atomic E-state index is -0.557. The van der Waals surface area contributed by atoms with Gasteiger partial charge >= 0.3 is 0 Å². The van der Waals surface area contributed by atoms with E-state index in [2.05, 4.69) is 15.3 Å². The van der Waals surface area contributed by atoms with E-state index in [4.69, 9.17) is 9.47 Å². The smallest absolute Gasteiger partial charge is 0.255 e. The van der Waals surface area contributed by atoms with E-state index in [0.717, 1.165) is 32.2 Å². The van der Waals surface area contributed by atoms with Gasteiger partial charge < -0.3 is 14.8 Å². The van der Waals surface area contributed by atoms with Crippen molar-refractivity contribution in [3.63, 3.8) is 0 Å². The van der Waals surface area contributed by atoms with Gasteiger partial charge in [-0.1, -0.05) is 6.42 Å². The summed E-state index contributed by atoms with van der Waals surface area (Å²) >= 11 is 0. The number of nitrogens with one attached hydrogen (secondary N) is 1. The normalized spacial score (nSPS) is 17.1. The van der Waals surface area contributed by atoms with Crippen molar-refractivity contribution in [3.05, 3.63) is 12.0 Å². The summed E-state index contributed by atoms with van der Waals surface area (Å²) in [5.41, 5.74) is 0.166. The van der Waals surface area contributed by atoms with Crippen molar-refractivity contribution in [3.8, 4) is 5.88 Å². The molecule has 0 amide bonds. The maximum Gasteiger partial charge on any atom is 0.255 e. The van der Waals surface area contributed by atoms with Crippen molar-refractivity contribution in [1.29, 1.82) is 0 Å². The lowest BCUT2D eigenvalue weighted by atomic mass is 9.69. The number of anilines is 1. The molecule has 100 valence electrons. The van der Waals surface area contributed by atoms with Gasteiger partial charge in [-0.15, -0.1) is 0 Å². The molecule has 0 atom stereocenters. The topological polar surface area (TPSA) is 56.3 Å². The predicted molar refractivity (Wildman–Crippen MR) is 65.2 cm³/mol. The Hall–Kier alpha value is -1.43. The zero-order valence-electron chi connectivity index (χ0n) is 10.7. The van der Waals surface area contributed by atoms with Crippen LogP contribution in [0, 0.1) is 11.2 Å². The van der Waals surface area contributed by atoms with Crippen molar-refractivity contribution in [2.75, 3.05) is 32.7 Å². The molecule has 0 radical (unpaired) electrons. The van der Waals surface area contributed by atoms with Crippen LogP contribution in [0.4, 0.5) is 10.3 Å². The second-order valence-corrected chi connectivity index (χ2v) is 4.69. The van der Waals surface area contributed by atoms with Gasteiger partial charge in [-0.2, -0.15) is 9.37 Å². The fraction of sp³-hybridized carbons (Fsp3) is 0.667. The van der Waals surface area contributed by atoms with E-state index in [-0.39, 0.29) is 11.3 Å². The molecule has 0 saturated heterocycles. The maximum absolute atomic E-state index is 13.1. The molecule has 0 aromatic carbocycles. The average Bonchev–Trinajstić information content (AvgIpc) is 2.34. The molecule has 18 heavy (non-hydrogen) atoms. The molecule has 1 aromatic rings. The molecule has 2 rings (SSSR count). The fourth-order valence-electron chi connectivity index (χ4n) is 2.20. The molecule has 0 bridgehead atoms. The number of rotatable bonds is 6. The van der Waals surface area contributed by atoms with Crippen LogP contribution in [0.5, 0.6) is 5.88 Å². The van der Waals surface area contributed by atoms with E-state index in [1.54, 1.807) is 7.11 Å². The van der Waals surface area contributed by atoms with E-state index in [1.807, 2.05) is 0 Å². The second kappa shape index (κ2) is 5.48. The maximum atomic E-state index is 13.1. The largest absolute Gasteiger partial charge is 0.479 e. The Morgan fingerprint density at radius 3 is 2.78 bits per heavy atom. The molecule has 1 heterocycles. The van der Waals surface area contributed by atoms with Gasteiger partial charge in [-0.3, -0.25) is 0 Å². The first kappa shape index (κ1) is 13.0. The van der Waals surface area contributed by atoms with Crippen LogP contribution in [0.3, 0.4) is 0 Å². The Bertz CT molecular complexity index is 410. The summed E-state index contributed by atoms with van der Waals surface area (Å²) in [6.07, 6.45) is 4.59. The van der Waals surface area contributed by atoms with Gasteiger partial charge in [0.25, 0.3) is 5.88 Å². The Balaban J connectivity index is 1.97. The van der Waals surface area contributed by atoms with Gasteiger partial charge in [0.1, 0.15) is 0 Å². The van der Waals surface area contributed by atoms with Crippen LogP contribution in [0.15, 0.2) is 6.20 Å². The number of hydrogen-bond donors (Lipinski definition) is 1. The van der Waals surface area contributed by atoms with Crippen molar-refractivity contribution in [1.82, 2.24) is 9.97 Å². The molecule has 1 N–H and O–H groups in total. The molecule has 6 heteroatoms. The third kappa shape index (κ3) is 2.69. The third-order valence-electron chi connectivity index (χ3n) is 3.39. The summed E-state index contributed by atoms with van der Waals surface area (Å²) < 4.78 is 23.2. The van der Waals surface area contributed by atoms with Gasteiger partial charge in [0.15, 0.2) is 0 Å². The van der Waals surface area contributed by atoms with Crippen LogP contribution >= 0.6 is 0 Å². The van der Waals surface area contributed by atoms with Crippen molar-refractivity contribution < 1.29 is 13.9 Å². The van der Waals surface area contributed by atoms with Crippen LogP contribution in [0.1, 0.15) is 19.3 Å². The zero-order valence-corrected chi connectivity index (χ0v) is 10.7. The average molecular weight is 255 g/mol. The first-order valence-corrected chi connectivity index (χ1v) is 5.98. The van der Waals surface area contributed by atoms with Crippen LogP contribution < -0.4 is 10.1 Å². The van der Waals surface area contributed by atoms with Gasteiger partial charge in [0.2, 0.25) is 11.8 Å². The monoisotopic (exact) mass is 255 g/mol. The molecule has 1 saturated carbocycles. The van der Waals surface area contributed by atoms with Crippen LogP contribution in [-0.4, -0.2) is 37.3 Å².